The lowest BCUT2D eigenvalue weighted by molar-refractivity contribution is -0.139. The molecule has 3 amide bonds. The molecule has 1 aliphatic heterocycles. The van der Waals surface area contributed by atoms with Gasteiger partial charge in [-0.15, -0.1) is 0 Å². The Morgan fingerprint density at radius 2 is 1.42 bits per heavy atom. The lowest BCUT2D eigenvalue weighted by Crippen LogP contribution is -2.51. The first-order valence-electron chi connectivity index (χ1n) is 19.7. The van der Waals surface area contributed by atoms with Gasteiger partial charge in [0, 0.05) is 43.8 Å². The average Bonchev–Trinajstić information content (AvgIpc) is 3.97. The van der Waals surface area contributed by atoms with Crippen LogP contribution < -0.4 is 9.47 Å². The Morgan fingerprint density at radius 1 is 0.789 bits per heavy atom. The molecule has 1 saturated heterocycles. The van der Waals surface area contributed by atoms with Crippen LogP contribution in [0.2, 0.25) is 15.1 Å². The Hall–Kier alpha value is -3.86. The van der Waals surface area contributed by atoms with E-state index in [0.717, 1.165) is 35.1 Å². The molecule has 0 spiro atoms. The first-order valence-corrected chi connectivity index (χ1v) is 20.8. The summed E-state index contributed by atoms with van der Waals surface area (Å²) in [6, 6.07) is 17.1. The fraction of sp³-hybridized carbons (Fsp3) is 0.523. The molecule has 57 heavy (non-hydrogen) atoms. The van der Waals surface area contributed by atoms with E-state index in [2.05, 4.69) is 0 Å². The van der Waals surface area contributed by atoms with Gasteiger partial charge in [-0.1, -0.05) is 59.1 Å². The van der Waals surface area contributed by atoms with Crippen molar-refractivity contribution in [1.29, 1.82) is 0 Å². The maximum Gasteiger partial charge on any atom is 0.410 e. The van der Waals surface area contributed by atoms with Gasteiger partial charge in [0.2, 0.25) is 5.91 Å². The molecule has 2 unspecified atom stereocenters. The van der Waals surface area contributed by atoms with Crippen LogP contribution in [0.5, 0.6) is 11.5 Å². The van der Waals surface area contributed by atoms with Crippen LogP contribution in [0, 0.1) is 12.8 Å². The zero-order valence-electron chi connectivity index (χ0n) is 34.3. The molecule has 0 aromatic heterocycles. The van der Waals surface area contributed by atoms with Gasteiger partial charge in [0.1, 0.15) is 30.2 Å². The van der Waals surface area contributed by atoms with Crippen LogP contribution in [0.15, 0.2) is 54.6 Å². The number of nitrogens with zero attached hydrogens (tertiary/aromatic N) is 3. The number of ether oxygens (including phenoxy) is 4. The van der Waals surface area contributed by atoms with E-state index in [0.29, 0.717) is 59.2 Å². The molecule has 10 nitrogen and oxygen atoms in total. The highest BCUT2D eigenvalue weighted by Gasteiger charge is 2.43. The molecule has 1 aliphatic carbocycles. The Morgan fingerprint density at radius 3 is 2.02 bits per heavy atom. The molecule has 310 valence electrons. The summed E-state index contributed by atoms with van der Waals surface area (Å²) in [5, 5.41) is 1.43. The highest BCUT2D eigenvalue weighted by Crippen LogP contribution is 2.40. The Labute approximate surface area is 352 Å². The van der Waals surface area contributed by atoms with Gasteiger partial charge in [0.15, 0.2) is 5.75 Å². The van der Waals surface area contributed by atoms with Crippen LogP contribution in [-0.4, -0.2) is 82.9 Å². The summed E-state index contributed by atoms with van der Waals surface area (Å²) in [6.07, 6.45) is 1.52. The molecule has 0 bridgehead atoms. The Bertz CT molecular complexity index is 1870. The van der Waals surface area contributed by atoms with Crippen molar-refractivity contribution in [2.45, 2.75) is 111 Å². The van der Waals surface area contributed by atoms with Gasteiger partial charge in [-0.3, -0.25) is 4.79 Å². The van der Waals surface area contributed by atoms with Gasteiger partial charge in [-0.25, -0.2) is 9.59 Å². The zero-order valence-corrected chi connectivity index (χ0v) is 36.6. The number of hydrogen-bond donors (Lipinski definition) is 0. The summed E-state index contributed by atoms with van der Waals surface area (Å²) in [5.41, 5.74) is 2.31. The van der Waals surface area contributed by atoms with Gasteiger partial charge in [0.05, 0.1) is 16.0 Å². The van der Waals surface area contributed by atoms with Crippen LogP contribution in [0.25, 0.3) is 0 Å². The lowest BCUT2D eigenvalue weighted by atomic mass is 9.79. The van der Waals surface area contributed by atoms with Gasteiger partial charge >= 0.3 is 12.2 Å². The van der Waals surface area contributed by atoms with Crippen LogP contribution >= 0.6 is 34.8 Å². The molecule has 13 heteroatoms. The van der Waals surface area contributed by atoms with Crippen molar-refractivity contribution in [2.75, 3.05) is 32.8 Å². The molecule has 0 radical (unpaired) electrons. The number of carbonyl (C=O) groups excluding carboxylic acids is 3. The van der Waals surface area contributed by atoms with E-state index in [9.17, 15) is 14.4 Å². The molecule has 3 aromatic rings. The second kappa shape index (κ2) is 18.8. The van der Waals surface area contributed by atoms with Crippen molar-refractivity contribution >= 4 is 52.9 Å². The summed E-state index contributed by atoms with van der Waals surface area (Å²) in [4.78, 5) is 46.3. The third-order valence-corrected chi connectivity index (χ3v) is 10.7. The predicted molar refractivity (Wildman–Crippen MR) is 225 cm³/mol. The molecule has 3 aromatic carbocycles. The van der Waals surface area contributed by atoms with Gasteiger partial charge < -0.3 is 33.6 Å². The zero-order chi connectivity index (χ0) is 41.7. The molecule has 5 rings (SSSR count). The maximum absolute atomic E-state index is 14.9. The van der Waals surface area contributed by atoms with E-state index in [1.165, 1.54) is 0 Å². The van der Waals surface area contributed by atoms with Crippen LogP contribution in [-0.2, 0) is 27.4 Å². The minimum absolute atomic E-state index is 0.0351. The minimum atomic E-state index is -0.675. The third kappa shape index (κ3) is 12.6. The van der Waals surface area contributed by atoms with Crippen molar-refractivity contribution in [3.05, 3.63) is 91.9 Å². The molecule has 2 atom stereocenters. The maximum atomic E-state index is 14.9. The number of piperidine rings is 1. The third-order valence-electron chi connectivity index (χ3n) is 9.76. The minimum Gasteiger partial charge on any atom is -0.490 e. The van der Waals surface area contributed by atoms with Crippen molar-refractivity contribution in [1.82, 2.24) is 14.7 Å². The summed E-state index contributed by atoms with van der Waals surface area (Å²) >= 11 is 19.4. The Balaban J connectivity index is 1.33. The molecule has 2 fully saturated rings. The molecule has 1 heterocycles. The summed E-state index contributed by atoms with van der Waals surface area (Å²) in [6.45, 7) is 17.2. The van der Waals surface area contributed by atoms with E-state index in [1.807, 2.05) is 103 Å². The van der Waals surface area contributed by atoms with E-state index < -0.39 is 29.3 Å². The van der Waals surface area contributed by atoms with E-state index in [-0.39, 0.29) is 37.6 Å². The molecule has 2 aliphatic rings. The van der Waals surface area contributed by atoms with Gasteiger partial charge in [-0.05, 0) is 133 Å². The molecular weight excluding hydrogens is 789 g/mol. The van der Waals surface area contributed by atoms with Crippen LogP contribution in [0.3, 0.4) is 0 Å². The predicted octanol–water partition coefficient (Wildman–Crippen LogP) is 10.7. The highest BCUT2D eigenvalue weighted by molar-refractivity contribution is 6.37. The SMILES string of the molecule is CCN(Cc1ccc(Cl)c(CN(C(=O)C2CN(C(=O)OC(C)(C)C)CCC2c2ccc(OCCOc3c(Cl)cc(C)cc3Cl)cc2)C2CC2)c1)C(=O)OC(C)(C)C. The molecule has 1 saturated carbocycles. The lowest BCUT2D eigenvalue weighted by Gasteiger charge is -2.40. The normalized spacial score (nSPS) is 17.1. The summed E-state index contributed by atoms with van der Waals surface area (Å²) < 4.78 is 23.2. The number of benzene rings is 3. The summed E-state index contributed by atoms with van der Waals surface area (Å²) in [5.74, 6) is 0.357. The second-order valence-corrected chi connectivity index (χ2v) is 18.1. The van der Waals surface area contributed by atoms with Crippen molar-refractivity contribution < 1.29 is 33.3 Å². The number of aryl methyl sites for hydroxylation is 1. The monoisotopic (exact) mass is 843 g/mol. The fourth-order valence-corrected chi connectivity index (χ4v) is 7.78. The van der Waals surface area contributed by atoms with E-state index in [1.54, 1.807) is 21.9 Å². The average molecular weight is 845 g/mol. The molecular formula is C44H56Cl3N3O7. The first kappa shape index (κ1) is 44.2. The number of halogens is 3. The Kier molecular flexibility index (Phi) is 14.6. The number of amides is 3. The van der Waals surface area contributed by atoms with Crippen molar-refractivity contribution in [2.24, 2.45) is 5.92 Å². The topological polar surface area (TPSA) is 97.9 Å². The van der Waals surface area contributed by atoms with Crippen LogP contribution in [0.1, 0.15) is 95.9 Å². The largest absolute Gasteiger partial charge is 0.490 e. The number of rotatable bonds is 13. The summed E-state index contributed by atoms with van der Waals surface area (Å²) in [7, 11) is 0. The quantitative estimate of drug-likeness (QED) is 0.158. The van der Waals surface area contributed by atoms with Gasteiger partial charge in [0.25, 0.3) is 0 Å². The fourth-order valence-electron chi connectivity index (χ4n) is 6.90. The molecule has 0 N–H and O–H groups in total. The van der Waals surface area contributed by atoms with Gasteiger partial charge in [-0.2, -0.15) is 0 Å². The standard InChI is InChI=1S/C44H56Cl3N3O7/c1-9-48(41(52)56-43(3,4)5)25-29-10-17-36(45)31(24-29)26-50(32-13-14-32)40(51)35-27-49(42(53)57-44(6,7)8)19-18-34(35)30-11-15-33(16-12-30)54-20-21-55-39-37(46)22-28(2)23-38(39)47/h10-12,15-17,22-24,32,34-35H,9,13-14,18-21,25-27H2,1-8H3. The number of hydrogen-bond acceptors (Lipinski definition) is 7. The number of likely N-dealkylation sites (tertiary alicyclic amines) is 1. The smallest absolute Gasteiger partial charge is 0.410 e. The second-order valence-electron chi connectivity index (χ2n) is 16.9. The number of carbonyl (C=O) groups is 3. The van der Waals surface area contributed by atoms with E-state index in [4.69, 9.17) is 53.8 Å². The highest BCUT2D eigenvalue weighted by atomic mass is 35.5. The van der Waals surface area contributed by atoms with Crippen LogP contribution in [0.4, 0.5) is 9.59 Å². The van der Waals surface area contributed by atoms with E-state index >= 15 is 0 Å². The van der Waals surface area contributed by atoms with Crippen molar-refractivity contribution in [3.8, 4) is 11.5 Å². The van der Waals surface area contributed by atoms with Crippen molar-refractivity contribution in [3.63, 3.8) is 0 Å². The first-order chi connectivity index (χ1) is 26.8.